The molecule has 5 heteroatoms. The van der Waals surface area contributed by atoms with E-state index in [0.29, 0.717) is 12.0 Å². The van der Waals surface area contributed by atoms with Gasteiger partial charge in [-0.25, -0.2) is 0 Å². The number of nitrogens with zero attached hydrogens (tertiary/aromatic N) is 2. The number of furan rings is 1. The van der Waals surface area contributed by atoms with Gasteiger partial charge in [-0.05, 0) is 31.2 Å². The van der Waals surface area contributed by atoms with Crippen LogP contribution in [0.4, 0.5) is 0 Å². The number of carbonyl (C=O) groups excluding carboxylic acids is 1. The largest absolute Gasteiger partial charge is 0.472 e. The van der Waals surface area contributed by atoms with Gasteiger partial charge in [-0.2, -0.15) is 0 Å². The van der Waals surface area contributed by atoms with Gasteiger partial charge in [-0.15, -0.1) is 0 Å². The second-order valence-corrected chi connectivity index (χ2v) is 6.57. The van der Waals surface area contributed by atoms with Crippen molar-refractivity contribution >= 4 is 5.91 Å². The summed E-state index contributed by atoms with van der Waals surface area (Å²) < 4.78 is 10.7. The third-order valence-corrected chi connectivity index (χ3v) is 4.96. The molecule has 114 valence electrons. The van der Waals surface area contributed by atoms with Crippen LogP contribution in [-0.2, 0) is 16.1 Å². The maximum atomic E-state index is 12.6. The van der Waals surface area contributed by atoms with Gasteiger partial charge < -0.3 is 14.1 Å². The van der Waals surface area contributed by atoms with Crippen LogP contribution in [0.5, 0.6) is 0 Å². The first kappa shape index (κ1) is 13.3. The Morgan fingerprint density at radius 3 is 3.05 bits per heavy atom. The van der Waals surface area contributed by atoms with E-state index in [1.54, 1.807) is 6.26 Å². The minimum absolute atomic E-state index is 0.174. The number of ether oxygens (including phenoxy) is 1. The van der Waals surface area contributed by atoms with E-state index >= 15 is 0 Å². The van der Waals surface area contributed by atoms with E-state index in [1.165, 1.54) is 5.56 Å². The summed E-state index contributed by atoms with van der Waals surface area (Å²) in [4.78, 5) is 17.1. The normalized spacial score (nSPS) is 32.8. The number of hydrogen-bond donors (Lipinski definition) is 0. The van der Waals surface area contributed by atoms with Gasteiger partial charge in [0.25, 0.3) is 5.91 Å². The van der Waals surface area contributed by atoms with Gasteiger partial charge in [0, 0.05) is 44.4 Å². The van der Waals surface area contributed by atoms with Crippen molar-refractivity contribution in [3.63, 3.8) is 0 Å². The predicted octanol–water partition coefficient (Wildman–Crippen LogP) is 1.49. The summed E-state index contributed by atoms with van der Waals surface area (Å²) in [5.41, 5.74) is 1.22. The molecule has 0 N–H and O–H groups in total. The molecule has 1 amide bonds. The Hall–Kier alpha value is -1.33. The molecule has 21 heavy (non-hydrogen) atoms. The molecule has 0 aliphatic carbocycles. The molecular formula is C16H22N2O3. The number of likely N-dealkylation sites (tertiary alicyclic amines) is 2. The lowest BCUT2D eigenvalue weighted by Gasteiger charge is -2.33. The Bertz CT molecular complexity index is 496. The van der Waals surface area contributed by atoms with E-state index in [-0.39, 0.29) is 12.0 Å². The first-order chi connectivity index (χ1) is 10.3. The van der Waals surface area contributed by atoms with Crippen molar-refractivity contribution in [1.82, 2.24) is 9.80 Å². The summed E-state index contributed by atoms with van der Waals surface area (Å²) in [6.45, 7) is 4.62. The quantitative estimate of drug-likeness (QED) is 0.846. The highest BCUT2D eigenvalue weighted by Crippen LogP contribution is 2.32. The summed E-state index contributed by atoms with van der Waals surface area (Å²) >= 11 is 0. The van der Waals surface area contributed by atoms with E-state index in [9.17, 15) is 4.79 Å². The summed E-state index contributed by atoms with van der Waals surface area (Å²) in [6.07, 6.45) is 6.43. The molecule has 4 heterocycles. The number of amides is 1. The van der Waals surface area contributed by atoms with E-state index in [4.69, 9.17) is 9.15 Å². The molecule has 3 fully saturated rings. The predicted molar refractivity (Wildman–Crippen MR) is 76.6 cm³/mol. The van der Waals surface area contributed by atoms with Crippen LogP contribution in [0.25, 0.3) is 0 Å². The van der Waals surface area contributed by atoms with Crippen LogP contribution in [0.15, 0.2) is 23.0 Å². The topological polar surface area (TPSA) is 45.9 Å². The summed E-state index contributed by atoms with van der Waals surface area (Å²) in [7, 11) is 0. The average Bonchev–Trinajstić information content (AvgIpc) is 3.19. The van der Waals surface area contributed by atoms with Crippen molar-refractivity contribution in [2.45, 2.75) is 38.0 Å². The maximum absolute atomic E-state index is 12.6. The van der Waals surface area contributed by atoms with Crippen LogP contribution in [0.2, 0.25) is 0 Å². The highest BCUT2D eigenvalue weighted by atomic mass is 16.5. The number of carbonyl (C=O) groups is 1. The van der Waals surface area contributed by atoms with E-state index in [0.717, 1.165) is 52.0 Å². The molecule has 1 aromatic heterocycles. The van der Waals surface area contributed by atoms with Gasteiger partial charge in [0.15, 0.2) is 0 Å². The highest BCUT2D eigenvalue weighted by Gasteiger charge is 2.43. The van der Waals surface area contributed by atoms with Crippen molar-refractivity contribution in [2.24, 2.45) is 5.92 Å². The molecule has 2 unspecified atom stereocenters. The number of fused-ring (bicyclic) bond motifs is 2. The van der Waals surface area contributed by atoms with Crippen LogP contribution >= 0.6 is 0 Å². The summed E-state index contributed by atoms with van der Waals surface area (Å²) in [5, 5.41) is 0. The van der Waals surface area contributed by atoms with Crippen molar-refractivity contribution < 1.29 is 13.9 Å². The lowest BCUT2D eigenvalue weighted by atomic mass is 9.99. The smallest absolute Gasteiger partial charge is 0.252 e. The molecule has 0 spiro atoms. The molecule has 3 aliphatic heterocycles. The Labute approximate surface area is 124 Å². The highest BCUT2D eigenvalue weighted by molar-refractivity contribution is 5.81. The zero-order valence-corrected chi connectivity index (χ0v) is 12.2. The molecular weight excluding hydrogens is 268 g/mol. The Morgan fingerprint density at radius 1 is 1.33 bits per heavy atom. The minimum Gasteiger partial charge on any atom is -0.472 e. The van der Waals surface area contributed by atoms with Crippen LogP contribution in [0, 0.1) is 5.92 Å². The molecule has 0 saturated carbocycles. The van der Waals surface area contributed by atoms with Crippen LogP contribution < -0.4 is 0 Å². The molecule has 0 aromatic carbocycles. The van der Waals surface area contributed by atoms with Crippen molar-refractivity contribution in [1.29, 1.82) is 0 Å². The van der Waals surface area contributed by atoms with Crippen molar-refractivity contribution in [3.8, 4) is 0 Å². The zero-order chi connectivity index (χ0) is 14.2. The van der Waals surface area contributed by atoms with Gasteiger partial charge >= 0.3 is 0 Å². The number of rotatable bonds is 3. The van der Waals surface area contributed by atoms with Crippen molar-refractivity contribution in [2.75, 3.05) is 26.2 Å². The van der Waals surface area contributed by atoms with Crippen molar-refractivity contribution in [3.05, 3.63) is 24.2 Å². The molecule has 3 saturated heterocycles. The first-order valence-corrected chi connectivity index (χ1v) is 7.95. The Kier molecular flexibility index (Phi) is 3.47. The number of hydrogen-bond acceptors (Lipinski definition) is 4. The van der Waals surface area contributed by atoms with Gasteiger partial charge in [0.2, 0.25) is 0 Å². The van der Waals surface area contributed by atoms with Crippen LogP contribution in [0.3, 0.4) is 0 Å². The van der Waals surface area contributed by atoms with E-state index in [1.807, 2.05) is 12.3 Å². The fraction of sp³-hybridized carbons (Fsp3) is 0.688. The second-order valence-electron chi connectivity index (χ2n) is 6.57. The minimum atomic E-state index is -0.174. The molecule has 2 bridgehead atoms. The fourth-order valence-corrected chi connectivity index (χ4v) is 4.05. The number of piperidine rings is 1. The lowest BCUT2D eigenvalue weighted by Crippen LogP contribution is -2.46. The third-order valence-electron chi connectivity index (χ3n) is 4.96. The molecule has 5 nitrogen and oxygen atoms in total. The second kappa shape index (κ2) is 5.46. The van der Waals surface area contributed by atoms with Gasteiger partial charge in [0.1, 0.15) is 6.10 Å². The molecule has 1 aromatic rings. The summed E-state index contributed by atoms with van der Waals surface area (Å²) in [6, 6.07) is 2.39. The summed E-state index contributed by atoms with van der Waals surface area (Å²) in [5.74, 6) is 0.839. The molecule has 0 radical (unpaired) electrons. The van der Waals surface area contributed by atoms with Crippen LogP contribution in [-0.4, -0.2) is 54.1 Å². The van der Waals surface area contributed by atoms with Gasteiger partial charge in [-0.3, -0.25) is 9.69 Å². The van der Waals surface area contributed by atoms with Gasteiger partial charge in [-0.1, -0.05) is 0 Å². The Balaban J connectivity index is 1.41. The third kappa shape index (κ3) is 2.60. The average molecular weight is 290 g/mol. The zero-order valence-electron chi connectivity index (χ0n) is 12.2. The lowest BCUT2D eigenvalue weighted by molar-refractivity contribution is -0.141. The maximum Gasteiger partial charge on any atom is 0.252 e. The fourth-order valence-electron chi connectivity index (χ4n) is 4.05. The molecule has 3 atom stereocenters. The van der Waals surface area contributed by atoms with Crippen LogP contribution in [0.1, 0.15) is 24.8 Å². The van der Waals surface area contributed by atoms with Gasteiger partial charge in [0.05, 0.1) is 12.5 Å². The molecule has 4 rings (SSSR count). The monoisotopic (exact) mass is 290 g/mol. The standard InChI is InChI=1S/C16H22N2O3/c19-16(15-2-1-4-21-15)18-9-13-6-14(18)10-17(8-13)7-12-3-5-20-11-12/h3,5,11,13-15H,1-2,4,6-10H2/t13?,14?,15-/m1/s1. The Morgan fingerprint density at radius 2 is 2.29 bits per heavy atom. The molecule has 3 aliphatic rings. The van der Waals surface area contributed by atoms with E-state index < -0.39 is 0 Å². The SMILES string of the molecule is O=C([C@H]1CCCO1)N1CC2CC1CN(Cc1ccoc1)C2. The first-order valence-electron chi connectivity index (χ1n) is 7.95. The van der Waals surface area contributed by atoms with E-state index in [2.05, 4.69) is 9.80 Å².